The maximum atomic E-state index is 13.3. The lowest BCUT2D eigenvalue weighted by Crippen LogP contribution is -2.61. The van der Waals surface area contributed by atoms with Crippen LogP contribution in [0.3, 0.4) is 0 Å². The van der Waals surface area contributed by atoms with Crippen molar-refractivity contribution in [3.8, 4) is 0 Å². The van der Waals surface area contributed by atoms with Gasteiger partial charge in [0, 0.05) is 23.6 Å². The van der Waals surface area contributed by atoms with E-state index >= 15 is 0 Å². The summed E-state index contributed by atoms with van der Waals surface area (Å²) in [5.74, 6) is -3.95. The number of nitrogens with zero attached hydrogens (tertiary/aromatic N) is 1. The van der Waals surface area contributed by atoms with Crippen LogP contribution in [0.2, 0.25) is 0 Å². The summed E-state index contributed by atoms with van der Waals surface area (Å²) in [6, 6.07) is 2.80. The maximum absolute atomic E-state index is 13.3. The number of nitrogens with two attached hydrogens (primary N) is 3. The molecule has 41 heavy (non-hydrogen) atoms. The van der Waals surface area contributed by atoms with Crippen LogP contribution in [0.5, 0.6) is 0 Å². The fourth-order valence-corrected chi connectivity index (χ4v) is 4.26. The Morgan fingerprint density at radius 2 is 1.63 bits per heavy atom. The van der Waals surface area contributed by atoms with E-state index in [0.717, 1.165) is 16.5 Å². The summed E-state index contributed by atoms with van der Waals surface area (Å²) >= 11 is 0. The number of carboxylic acid groups (broad SMARTS) is 1. The van der Waals surface area contributed by atoms with E-state index in [-0.39, 0.29) is 37.7 Å². The van der Waals surface area contributed by atoms with Crippen molar-refractivity contribution in [2.45, 2.75) is 76.7 Å². The van der Waals surface area contributed by atoms with Gasteiger partial charge in [-0.25, -0.2) is 4.79 Å². The van der Waals surface area contributed by atoms with Crippen molar-refractivity contribution in [3.63, 3.8) is 0 Å². The number of aliphatic hydroxyl groups is 1. The minimum absolute atomic E-state index is 0.0121. The van der Waals surface area contributed by atoms with Crippen molar-refractivity contribution in [2.24, 2.45) is 28.1 Å². The van der Waals surface area contributed by atoms with Crippen LogP contribution in [-0.2, 0) is 25.6 Å². The molecular formula is C27H42N8O6. The lowest BCUT2D eigenvalue weighted by molar-refractivity contribution is -0.143. The van der Waals surface area contributed by atoms with E-state index in [1.165, 1.54) is 6.92 Å². The van der Waals surface area contributed by atoms with Crippen molar-refractivity contribution in [1.29, 1.82) is 0 Å². The predicted octanol–water partition coefficient (Wildman–Crippen LogP) is -0.943. The number of carbonyl (C=O) groups excluding carboxylic acids is 3. The molecule has 3 amide bonds. The molecule has 1 aromatic carbocycles. The number of fused-ring (bicyclic) bond motifs is 1. The Bertz CT molecular complexity index is 1230. The van der Waals surface area contributed by atoms with Crippen LogP contribution < -0.4 is 33.2 Å². The minimum atomic E-state index is -1.48. The molecule has 14 heteroatoms. The van der Waals surface area contributed by atoms with Crippen LogP contribution in [0.1, 0.15) is 45.6 Å². The van der Waals surface area contributed by atoms with Gasteiger partial charge in [0.1, 0.15) is 18.1 Å². The Labute approximate surface area is 238 Å². The Hall–Kier alpha value is -4.17. The van der Waals surface area contributed by atoms with Crippen LogP contribution in [0.4, 0.5) is 0 Å². The molecule has 0 aliphatic carbocycles. The zero-order chi connectivity index (χ0) is 30.7. The first-order valence-electron chi connectivity index (χ1n) is 13.5. The Morgan fingerprint density at radius 1 is 1.00 bits per heavy atom. The standard InChI is InChI=1S/C27H42N8O6/c1-4-14(2)21(34-23(37)18(28)12-16-13-32-19-9-6-5-8-17(16)19)24(38)35-22(15(3)36)25(39)33-20(26(40)41)10-7-11-31-27(29)30/h5-6,8-9,13-15,18,20-22,32,36H,4,7,10-12,28H2,1-3H3,(H,33,39)(H,34,37)(H,35,38)(H,40,41)(H4,29,30,31). The van der Waals surface area contributed by atoms with Crippen molar-refractivity contribution >= 4 is 40.6 Å². The van der Waals surface area contributed by atoms with E-state index in [2.05, 4.69) is 25.9 Å². The largest absolute Gasteiger partial charge is 0.480 e. The second kappa shape index (κ2) is 15.6. The second-order valence-electron chi connectivity index (χ2n) is 10.1. The number of hydrogen-bond acceptors (Lipinski definition) is 7. The summed E-state index contributed by atoms with van der Waals surface area (Å²) in [7, 11) is 0. The maximum Gasteiger partial charge on any atom is 0.326 e. The number of aromatic amines is 1. The fourth-order valence-electron chi connectivity index (χ4n) is 4.26. The smallest absolute Gasteiger partial charge is 0.326 e. The number of carboxylic acids is 1. The van der Waals surface area contributed by atoms with E-state index in [0.29, 0.717) is 6.42 Å². The summed E-state index contributed by atoms with van der Waals surface area (Å²) in [5.41, 5.74) is 18.5. The number of aliphatic hydroxyl groups excluding tert-OH is 1. The van der Waals surface area contributed by atoms with Crippen molar-refractivity contribution in [1.82, 2.24) is 20.9 Å². The molecule has 1 aromatic heterocycles. The van der Waals surface area contributed by atoms with Crippen molar-refractivity contribution in [2.75, 3.05) is 6.54 Å². The van der Waals surface area contributed by atoms with Crippen LogP contribution >= 0.6 is 0 Å². The first-order chi connectivity index (χ1) is 19.3. The number of H-pyrrole nitrogens is 1. The number of amides is 3. The molecule has 0 spiro atoms. The third-order valence-electron chi connectivity index (χ3n) is 6.87. The van der Waals surface area contributed by atoms with Crippen molar-refractivity contribution < 1.29 is 29.4 Å². The van der Waals surface area contributed by atoms with Gasteiger partial charge in [0.2, 0.25) is 17.7 Å². The summed E-state index contributed by atoms with van der Waals surface area (Å²) in [6.45, 7) is 5.04. The highest BCUT2D eigenvalue weighted by atomic mass is 16.4. The lowest BCUT2D eigenvalue weighted by Gasteiger charge is -2.29. The van der Waals surface area contributed by atoms with E-state index in [1.54, 1.807) is 13.1 Å². The van der Waals surface area contributed by atoms with E-state index < -0.39 is 54.0 Å². The number of guanidine groups is 1. The predicted molar refractivity (Wildman–Crippen MR) is 154 cm³/mol. The first-order valence-corrected chi connectivity index (χ1v) is 13.5. The number of aromatic nitrogens is 1. The van der Waals surface area contributed by atoms with E-state index in [9.17, 15) is 29.4 Å². The van der Waals surface area contributed by atoms with Gasteiger partial charge in [-0.3, -0.25) is 19.4 Å². The molecule has 6 atom stereocenters. The van der Waals surface area contributed by atoms with Gasteiger partial charge in [-0.05, 0) is 43.7 Å². The molecule has 2 aromatic rings. The molecule has 0 aliphatic rings. The monoisotopic (exact) mass is 574 g/mol. The Morgan fingerprint density at radius 3 is 2.24 bits per heavy atom. The molecular weight excluding hydrogens is 532 g/mol. The molecule has 2 rings (SSSR count). The average Bonchev–Trinajstić information content (AvgIpc) is 3.33. The normalized spacial score (nSPS) is 15.5. The van der Waals surface area contributed by atoms with Crippen LogP contribution in [-0.4, -0.2) is 81.7 Å². The Balaban J connectivity index is 2.09. The lowest BCUT2D eigenvalue weighted by atomic mass is 9.96. The van der Waals surface area contributed by atoms with Crippen LogP contribution in [0.25, 0.3) is 10.9 Å². The number of aliphatic imine (C=N–C) groups is 1. The molecule has 0 aliphatic heterocycles. The van der Waals surface area contributed by atoms with Gasteiger partial charge >= 0.3 is 5.97 Å². The average molecular weight is 575 g/mol. The van der Waals surface area contributed by atoms with Gasteiger partial charge in [0.15, 0.2) is 5.96 Å². The van der Waals surface area contributed by atoms with E-state index in [4.69, 9.17) is 17.2 Å². The minimum Gasteiger partial charge on any atom is -0.480 e. The number of rotatable bonds is 16. The van der Waals surface area contributed by atoms with E-state index in [1.807, 2.05) is 31.2 Å². The summed E-state index contributed by atoms with van der Waals surface area (Å²) in [5, 5.41) is 28.2. The second-order valence-corrected chi connectivity index (χ2v) is 10.1. The van der Waals surface area contributed by atoms with Gasteiger partial charge in [-0.1, -0.05) is 38.5 Å². The molecule has 0 saturated heterocycles. The third kappa shape index (κ3) is 9.76. The molecule has 0 fully saturated rings. The zero-order valence-corrected chi connectivity index (χ0v) is 23.6. The highest BCUT2D eigenvalue weighted by Gasteiger charge is 2.34. The summed E-state index contributed by atoms with van der Waals surface area (Å²) < 4.78 is 0. The zero-order valence-electron chi connectivity index (χ0n) is 23.6. The number of hydrogen-bond donors (Lipinski definition) is 9. The highest BCUT2D eigenvalue weighted by molar-refractivity contribution is 5.94. The summed E-state index contributed by atoms with van der Waals surface area (Å²) in [4.78, 5) is 57.8. The molecule has 6 unspecified atom stereocenters. The van der Waals surface area contributed by atoms with Gasteiger partial charge in [0.25, 0.3) is 0 Å². The number of aliphatic carboxylic acids is 1. The molecule has 14 nitrogen and oxygen atoms in total. The summed E-state index contributed by atoms with van der Waals surface area (Å²) in [6.07, 6.45) is 1.43. The van der Waals surface area contributed by atoms with Gasteiger partial charge < -0.3 is 48.3 Å². The third-order valence-corrected chi connectivity index (χ3v) is 6.87. The van der Waals surface area contributed by atoms with Crippen molar-refractivity contribution in [3.05, 3.63) is 36.0 Å². The van der Waals surface area contributed by atoms with Gasteiger partial charge in [-0.2, -0.15) is 0 Å². The van der Waals surface area contributed by atoms with Crippen LogP contribution in [0, 0.1) is 5.92 Å². The van der Waals surface area contributed by atoms with Gasteiger partial charge in [0.05, 0.1) is 12.1 Å². The molecule has 12 N–H and O–H groups in total. The fraction of sp³-hybridized carbons (Fsp3) is 0.519. The molecule has 0 bridgehead atoms. The molecule has 0 radical (unpaired) electrons. The SMILES string of the molecule is CCC(C)C(NC(=O)C(N)Cc1c[nH]c2ccccc12)C(=O)NC(C(=O)NC(CCCN=C(N)N)C(=O)O)C(C)O. The first kappa shape index (κ1) is 33.0. The molecule has 0 saturated carbocycles. The number of nitrogens with one attached hydrogen (secondary N) is 4. The number of benzene rings is 1. The van der Waals surface area contributed by atoms with Gasteiger partial charge in [-0.15, -0.1) is 0 Å². The topological polar surface area (TPSA) is 251 Å². The highest BCUT2D eigenvalue weighted by Crippen LogP contribution is 2.19. The Kier molecular flexibility index (Phi) is 12.5. The number of carbonyl (C=O) groups is 4. The number of para-hydroxylation sites is 1. The molecule has 1 heterocycles. The quantitative estimate of drug-likeness (QED) is 0.0680. The molecule has 226 valence electrons. The van der Waals surface area contributed by atoms with Crippen LogP contribution in [0.15, 0.2) is 35.5 Å².